The summed E-state index contributed by atoms with van der Waals surface area (Å²) in [7, 11) is -3.12. The predicted octanol–water partition coefficient (Wildman–Crippen LogP) is 3.08. The van der Waals surface area contributed by atoms with E-state index in [0.717, 1.165) is 25.9 Å². The van der Waals surface area contributed by atoms with E-state index in [4.69, 9.17) is 0 Å². The van der Waals surface area contributed by atoms with Crippen molar-refractivity contribution in [3.05, 3.63) is 59.9 Å². The van der Waals surface area contributed by atoms with Crippen molar-refractivity contribution in [1.29, 1.82) is 0 Å². The van der Waals surface area contributed by atoms with Gasteiger partial charge in [-0.3, -0.25) is 9.88 Å². The molecule has 128 valence electrons. The SMILES string of the molecule is CS(=O)(=O)c1ccc(CN2CCCC2CCc2ccncc2)cc1. The van der Waals surface area contributed by atoms with Crippen LogP contribution in [0.15, 0.2) is 53.7 Å². The second-order valence-electron chi connectivity index (χ2n) is 6.58. The third-order valence-electron chi connectivity index (χ3n) is 4.75. The zero-order chi connectivity index (χ0) is 17.0. The minimum atomic E-state index is -3.12. The molecule has 1 aliphatic rings. The van der Waals surface area contributed by atoms with Crippen LogP contribution >= 0.6 is 0 Å². The Hall–Kier alpha value is -1.72. The average Bonchev–Trinajstić information content (AvgIpc) is 3.01. The maximum absolute atomic E-state index is 11.5. The smallest absolute Gasteiger partial charge is 0.175 e. The number of sulfone groups is 1. The Morgan fingerprint density at radius 2 is 1.79 bits per heavy atom. The molecule has 0 amide bonds. The normalized spacial score (nSPS) is 18.8. The first-order valence-electron chi connectivity index (χ1n) is 8.44. The highest BCUT2D eigenvalue weighted by Crippen LogP contribution is 2.24. The number of aryl methyl sites for hydroxylation is 1. The quantitative estimate of drug-likeness (QED) is 0.808. The van der Waals surface area contributed by atoms with Crippen molar-refractivity contribution < 1.29 is 8.42 Å². The Labute approximate surface area is 144 Å². The molecule has 0 saturated carbocycles. The van der Waals surface area contributed by atoms with Crippen molar-refractivity contribution in [3.8, 4) is 0 Å². The van der Waals surface area contributed by atoms with Gasteiger partial charge in [-0.2, -0.15) is 0 Å². The molecular formula is C19H24N2O2S. The molecule has 0 radical (unpaired) electrons. The van der Waals surface area contributed by atoms with Crippen molar-refractivity contribution >= 4 is 9.84 Å². The summed E-state index contributed by atoms with van der Waals surface area (Å²) in [5, 5.41) is 0. The molecule has 1 atom stereocenters. The summed E-state index contributed by atoms with van der Waals surface area (Å²) in [6.07, 6.45) is 9.67. The van der Waals surface area contributed by atoms with Gasteiger partial charge in [-0.15, -0.1) is 0 Å². The van der Waals surface area contributed by atoms with Gasteiger partial charge in [-0.25, -0.2) is 8.42 Å². The summed E-state index contributed by atoms with van der Waals surface area (Å²) in [5.41, 5.74) is 2.52. The molecule has 24 heavy (non-hydrogen) atoms. The number of aromatic nitrogens is 1. The van der Waals surface area contributed by atoms with Crippen LogP contribution in [0.5, 0.6) is 0 Å². The van der Waals surface area contributed by atoms with E-state index in [-0.39, 0.29) is 0 Å². The van der Waals surface area contributed by atoms with Crippen LogP contribution < -0.4 is 0 Å². The van der Waals surface area contributed by atoms with Gasteiger partial charge >= 0.3 is 0 Å². The highest BCUT2D eigenvalue weighted by Gasteiger charge is 2.24. The van der Waals surface area contributed by atoms with E-state index in [1.54, 1.807) is 12.1 Å². The van der Waals surface area contributed by atoms with Crippen molar-refractivity contribution in [1.82, 2.24) is 9.88 Å². The fourth-order valence-corrected chi connectivity index (χ4v) is 4.02. The monoisotopic (exact) mass is 344 g/mol. The fourth-order valence-electron chi connectivity index (χ4n) is 3.39. The molecule has 0 bridgehead atoms. The molecular weight excluding hydrogens is 320 g/mol. The van der Waals surface area contributed by atoms with Crippen molar-refractivity contribution in [3.63, 3.8) is 0 Å². The number of rotatable bonds is 6. The minimum Gasteiger partial charge on any atom is -0.296 e. The topological polar surface area (TPSA) is 50.3 Å². The van der Waals surface area contributed by atoms with E-state index in [0.29, 0.717) is 10.9 Å². The minimum absolute atomic E-state index is 0.391. The first kappa shape index (κ1) is 17.1. The predicted molar refractivity (Wildman–Crippen MR) is 95.5 cm³/mol. The average molecular weight is 344 g/mol. The third kappa shape index (κ3) is 4.42. The molecule has 0 aliphatic carbocycles. The van der Waals surface area contributed by atoms with Crippen LogP contribution in [0.25, 0.3) is 0 Å². The van der Waals surface area contributed by atoms with Gasteiger partial charge in [0.05, 0.1) is 4.90 Å². The standard InChI is InChI=1S/C19H24N2O2S/c1-24(22,23)19-8-5-17(6-9-19)15-21-14-2-3-18(21)7-4-16-10-12-20-13-11-16/h5-6,8-13,18H,2-4,7,14-15H2,1H3. The molecule has 4 nitrogen and oxygen atoms in total. The van der Waals surface area contributed by atoms with E-state index in [9.17, 15) is 8.42 Å². The summed E-state index contributed by atoms with van der Waals surface area (Å²) in [4.78, 5) is 6.98. The van der Waals surface area contributed by atoms with Gasteiger partial charge in [-0.1, -0.05) is 12.1 Å². The van der Waals surface area contributed by atoms with E-state index >= 15 is 0 Å². The Balaban J connectivity index is 1.59. The molecule has 1 fully saturated rings. The molecule has 1 saturated heterocycles. The number of nitrogens with zero attached hydrogens (tertiary/aromatic N) is 2. The molecule has 0 N–H and O–H groups in total. The molecule has 3 rings (SSSR count). The van der Waals surface area contributed by atoms with Gasteiger partial charge in [0, 0.05) is 31.2 Å². The van der Waals surface area contributed by atoms with Crippen molar-refractivity contribution in [2.75, 3.05) is 12.8 Å². The Bertz CT molecular complexity index is 758. The molecule has 0 spiro atoms. The molecule has 5 heteroatoms. The number of pyridine rings is 1. The lowest BCUT2D eigenvalue weighted by molar-refractivity contribution is 0.235. The van der Waals surface area contributed by atoms with Crippen LogP contribution in [0.3, 0.4) is 0 Å². The van der Waals surface area contributed by atoms with Crippen LogP contribution in [0, 0.1) is 0 Å². The lowest BCUT2D eigenvalue weighted by Gasteiger charge is -2.24. The van der Waals surface area contributed by atoms with Crippen molar-refractivity contribution in [2.24, 2.45) is 0 Å². The van der Waals surface area contributed by atoms with E-state index in [1.165, 1.54) is 30.2 Å². The zero-order valence-electron chi connectivity index (χ0n) is 14.1. The van der Waals surface area contributed by atoms with Crippen LogP contribution in [0.2, 0.25) is 0 Å². The molecule has 1 aromatic heterocycles. The van der Waals surface area contributed by atoms with Crippen LogP contribution in [0.4, 0.5) is 0 Å². The van der Waals surface area contributed by atoms with Gasteiger partial charge in [0.2, 0.25) is 0 Å². The largest absolute Gasteiger partial charge is 0.296 e. The molecule has 1 aromatic carbocycles. The van der Waals surface area contributed by atoms with Gasteiger partial charge in [0.25, 0.3) is 0 Å². The summed E-state index contributed by atoms with van der Waals surface area (Å²) >= 11 is 0. The molecule has 1 unspecified atom stereocenters. The summed E-state index contributed by atoms with van der Waals surface area (Å²) in [6, 6.07) is 12.1. The first-order chi connectivity index (χ1) is 11.5. The fraction of sp³-hybridized carbons (Fsp3) is 0.421. The van der Waals surface area contributed by atoms with Gasteiger partial charge < -0.3 is 0 Å². The number of hydrogen-bond acceptors (Lipinski definition) is 4. The molecule has 2 aromatic rings. The highest BCUT2D eigenvalue weighted by atomic mass is 32.2. The summed E-state index contributed by atoms with van der Waals surface area (Å²) in [5.74, 6) is 0. The summed E-state index contributed by atoms with van der Waals surface area (Å²) < 4.78 is 23.1. The third-order valence-corrected chi connectivity index (χ3v) is 5.88. The Morgan fingerprint density at radius 1 is 1.08 bits per heavy atom. The highest BCUT2D eigenvalue weighted by molar-refractivity contribution is 7.90. The van der Waals surface area contributed by atoms with Gasteiger partial charge in [0.15, 0.2) is 9.84 Å². The number of benzene rings is 1. The Morgan fingerprint density at radius 3 is 2.46 bits per heavy atom. The van der Waals surface area contributed by atoms with E-state index < -0.39 is 9.84 Å². The maximum atomic E-state index is 11.5. The second-order valence-corrected chi connectivity index (χ2v) is 8.59. The maximum Gasteiger partial charge on any atom is 0.175 e. The molecule has 1 aliphatic heterocycles. The van der Waals surface area contributed by atoms with Crippen LogP contribution in [0.1, 0.15) is 30.4 Å². The summed E-state index contributed by atoms with van der Waals surface area (Å²) in [6.45, 7) is 2.01. The van der Waals surface area contributed by atoms with Gasteiger partial charge in [-0.05, 0) is 67.6 Å². The van der Waals surface area contributed by atoms with Crippen LogP contribution in [-0.2, 0) is 22.8 Å². The number of hydrogen-bond donors (Lipinski definition) is 0. The van der Waals surface area contributed by atoms with Gasteiger partial charge in [0.1, 0.15) is 0 Å². The Kier molecular flexibility index (Phi) is 5.31. The lowest BCUT2D eigenvalue weighted by Crippen LogP contribution is -2.29. The number of likely N-dealkylation sites (tertiary alicyclic amines) is 1. The van der Waals surface area contributed by atoms with Crippen molar-refractivity contribution in [2.45, 2.75) is 43.2 Å². The first-order valence-corrected chi connectivity index (χ1v) is 10.3. The lowest BCUT2D eigenvalue weighted by atomic mass is 10.0. The second kappa shape index (κ2) is 7.45. The van der Waals surface area contributed by atoms with E-state index in [1.807, 2.05) is 24.5 Å². The zero-order valence-corrected chi connectivity index (χ0v) is 14.9. The molecule has 2 heterocycles. The van der Waals surface area contributed by atoms with E-state index in [2.05, 4.69) is 22.0 Å². The van der Waals surface area contributed by atoms with Crippen LogP contribution in [-0.4, -0.2) is 37.1 Å².